The van der Waals surface area contributed by atoms with Crippen molar-refractivity contribution in [3.8, 4) is 0 Å². The van der Waals surface area contributed by atoms with E-state index in [1.165, 1.54) is 4.90 Å². The number of amides is 1. The van der Waals surface area contributed by atoms with Crippen molar-refractivity contribution in [3.63, 3.8) is 0 Å². The van der Waals surface area contributed by atoms with Gasteiger partial charge in [0.25, 0.3) is 5.91 Å². The summed E-state index contributed by atoms with van der Waals surface area (Å²) in [6.45, 7) is 1.83. The van der Waals surface area contributed by atoms with Gasteiger partial charge in [0.1, 0.15) is 0 Å². The van der Waals surface area contributed by atoms with Crippen LogP contribution < -0.4 is 9.80 Å². The van der Waals surface area contributed by atoms with Crippen LogP contribution >= 0.6 is 0 Å². The van der Waals surface area contributed by atoms with Crippen molar-refractivity contribution in [2.45, 2.75) is 18.6 Å². The summed E-state index contributed by atoms with van der Waals surface area (Å²) in [6, 6.07) is 5.78. The summed E-state index contributed by atoms with van der Waals surface area (Å²) in [5.74, 6) is -0.261. The SMILES string of the molecule is COC1CCN(c2ccc3c(c2)N(C)C(=O)C3O)C1. The lowest BCUT2D eigenvalue weighted by Crippen LogP contribution is -2.24. The number of carbonyl (C=O) groups is 1. The Morgan fingerprint density at radius 1 is 1.42 bits per heavy atom. The lowest BCUT2D eigenvalue weighted by atomic mass is 10.1. The number of benzene rings is 1. The molecule has 2 atom stereocenters. The Kier molecular flexibility index (Phi) is 2.95. The number of fused-ring (bicyclic) bond motifs is 1. The van der Waals surface area contributed by atoms with Gasteiger partial charge in [0.15, 0.2) is 6.10 Å². The standard InChI is InChI=1S/C14H18N2O3/c1-15-12-7-9(16-6-5-10(8-16)19-2)3-4-11(12)13(17)14(15)18/h3-4,7,10,13,17H,5-6,8H2,1-2H3. The predicted octanol–water partition coefficient (Wildman–Crippen LogP) is 0.921. The lowest BCUT2D eigenvalue weighted by molar-refractivity contribution is -0.125. The molecule has 5 nitrogen and oxygen atoms in total. The topological polar surface area (TPSA) is 53.0 Å². The number of hydrogen-bond donors (Lipinski definition) is 1. The third-order valence-electron chi connectivity index (χ3n) is 4.08. The van der Waals surface area contributed by atoms with E-state index in [0.29, 0.717) is 5.56 Å². The van der Waals surface area contributed by atoms with Crippen molar-refractivity contribution in [1.29, 1.82) is 0 Å². The minimum atomic E-state index is -1.01. The van der Waals surface area contributed by atoms with Crippen LogP contribution in [0, 0.1) is 0 Å². The average molecular weight is 262 g/mol. The van der Waals surface area contributed by atoms with Gasteiger partial charge in [0, 0.05) is 38.5 Å². The Labute approximate surface area is 112 Å². The van der Waals surface area contributed by atoms with Gasteiger partial charge < -0.3 is 19.6 Å². The number of anilines is 2. The van der Waals surface area contributed by atoms with Crippen LogP contribution in [0.1, 0.15) is 18.1 Å². The normalized spacial score (nSPS) is 26.2. The quantitative estimate of drug-likeness (QED) is 0.861. The number of rotatable bonds is 2. The number of likely N-dealkylation sites (N-methyl/N-ethyl adjacent to an activating group) is 1. The fourth-order valence-electron chi connectivity index (χ4n) is 2.84. The highest BCUT2D eigenvalue weighted by Crippen LogP contribution is 2.38. The van der Waals surface area contributed by atoms with Crippen LogP contribution in [0.3, 0.4) is 0 Å². The third kappa shape index (κ3) is 1.89. The molecule has 102 valence electrons. The molecule has 0 saturated carbocycles. The maximum absolute atomic E-state index is 11.7. The predicted molar refractivity (Wildman–Crippen MR) is 72.4 cm³/mol. The zero-order valence-electron chi connectivity index (χ0n) is 11.2. The number of aliphatic hydroxyl groups excluding tert-OH is 1. The Morgan fingerprint density at radius 2 is 2.21 bits per heavy atom. The molecule has 0 bridgehead atoms. The zero-order valence-corrected chi connectivity index (χ0v) is 11.2. The number of carbonyl (C=O) groups excluding carboxylic acids is 1. The molecular formula is C14H18N2O3. The zero-order chi connectivity index (χ0) is 13.6. The second-order valence-corrected chi connectivity index (χ2v) is 5.14. The summed E-state index contributed by atoms with van der Waals surface area (Å²) < 4.78 is 5.36. The molecule has 2 aliphatic heterocycles. The van der Waals surface area contributed by atoms with Crippen LogP contribution in [0.2, 0.25) is 0 Å². The van der Waals surface area contributed by atoms with Crippen LogP contribution in [0.15, 0.2) is 18.2 Å². The number of aliphatic hydroxyl groups is 1. The van der Waals surface area contributed by atoms with Crippen LogP contribution in [0.25, 0.3) is 0 Å². The van der Waals surface area contributed by atoms with E-state index < -0.39 is 6.10 Å². The van der Waals surface area contributed by atoms with Gasteiger partial charge in [0.05, 0.1) is 11.8 Å². The van der Waals surface area contributed by atoms with Crippen molar-refractivity contribution >= 4 is 17.3 Å². The highest BCUT2D eigenvalue weighted by molar-refractivity contribution is 6.03. The number of ether oxygens (including phenoxy) is 1. The van der Waals surface area contributed by atoms with E-state index in [1.54, 1.807) is 14.2 Å². The van der Waals surface area contributed by atoms with Crippen molar-refractivity contribution in [1.82, 2.24) is 0 Å². The molecule has 0 aliphatic carbocycles. The van der Waals surface area contributed by atoms with Crippen LogP contribution in [0.4, 0.5) is 11.4 Å². The summed E-state index contributed by atoms with van der Waals surface area (Å²) in [6.07, 6.45) is 0.280. The molecular weight excluding hydrogens is 244 g/mol. The summed E-state index contributed by atoms with van der Waals surface area (Å²) in [7, 11) is 3.43. The fourth-order valence-corrected chi connectivity index (χ4v) is 2.84. The van der Waals surface area contributed by atoms with E-state index in [9.17, 15) is 9.90 Å². The van der Waals surface area contributed by atoms with Crippen molar-refractivity contribution in [3.05, 3.63) is 23.8 Å². The van der Waals surface area contributed by atoms with E-state index in [1.807, 2.05) is 18.2 Å². The summed E-state index contributed by atoms with van der Waals surface area (Å²) in [5.41, 5.74) is 2.57. The molecule has 2 aliphatic rings. The second kappa shape index (κ2) is 4.51. The summed E-state index contributed by atoms with van der Waals surface area (Å²) >= 11 is 0. The summed E-state index contributed by atoms with van der Waals surface area (Å²) in [5, 5.41) is 9.83. The van der Waals surface area contributed by atoms with E-state index in [4.69, 9.17) is 4.74 Å². The third-order valence-corrected chi connectivity index (χ3v) is 4.08. The van der Waals surface area contributed by atoms with Crippen molar-refractivity contribution in [2.75, 3.05) is 37.0 Å². The van der Waals surface area contributed by atoms with E-state index in [2.05, 4.69) is 4.90 Å². The number of methoxy groups -OCH3 is 1. The van der Waals surface area contributed by atoms with Crippen molar-refractivity contribution < 1.29 is 14.6 Å². The molecule has 1 N–H and O–H groups in total. The minimum Gasteiger partial charge on any atom is -0.380 e. The molecule has 19 heavy (non-hydrogen) atoms. The molecule has 0 aromatic heterocycles. The molecule has 5 heteroatoms. The molecule has 0 spiro atoms. The molecule has 1 fully saturated rings. The summed E-state index contributed by atoms with van der Waals surface area (Å²) in [4.78, 5) is 15.5. The van der Waals surface area contributed by atoms with Gasteiger partial charge in [0.2, 0.25) is 0 Å². The van der Waals surface area contributed by atoms with Crippen LogP contribution in [-0.4, -0.2) is 44.4 Å². The largest absolute Gasteiger partial charge is 0.380 e. The van der Waals surface area contributed by atoms with Gasteiger partial charge in [-0.15, -0.1) is 0 Å². The molecule has 0 radical (unpaired) electrons. The Balaban J connectivity index is 1.89. The molecule has 3 rings (SSSR count). The Morgan fingerprint density at radius 3 is 2.89 bits per heavy atom. The molecule has 2 unspecified atom stereocenters. The van der Waals surface area contributed by atoms with Gasteiger partial charge in [-0.25, -0.2) is 0 Å². The van der Waals surface area contributed by atoms with E-state index >= 15 is 0 Å². The van der Waals surface area contributed by atoms with Gasteiger partial charge >= 0.3 is 0 Å². The van der Waals surface area contributed by atoms with Crippen molar-refractivity contribution in [2.24, 2.45) is 0 Å². The highest BCUT2D eigenvalue weighted by Gasteiger charge is 2.34. The second-order valence-electron chi connectivity index (χ2n) is 5.14. The minimum absolute atomic E-state index is 0.261. The smallest absolute Gasteiger partial charge is 0.260 e. The molecule has 1 aromatic rings. The fraction of sp³-hybridized carbons (Fsp3) is 0.500. The first kappa shape index (κ1) is 12.4. The first-order chi connectivity index (χ1) is 9.11. The Bertz CT molecular complexity index is 517. The molecule has 2 heterocycles. The first-order valence-electron chi connectivity index (χ1n) is 6.49. The average Bonchev–Trinajstić information content (AvgIpc) is 2.99. The van der Waals surface area contributed by atoms with Gasteiger partial charge in [-0.05, 0) is 18.6 Å². The van der Waals surface area contributed by atoms with E-state index in [0.717, 1.165) is 30.9 Å². The molecule has 1 saturated heterocycles. The molecule has 1 amide bonds. The van der Waals surface area contributed by atoms with E-state index in [-0.39, 0.29) is 12.0 Å². The van der Waals surface area contributed by atoms with Gasteiger partial charge in [-0.2, -0.15) is 0 Å². The lowest BCUT2D eigenvalue weighted by Gasteiger charge is -2.20. The van der Waals surface area contributed by atoms with Gasteiger partial charge in [-0.1, -0.05) is 6.07 Å². The van der Waals surface area contributed by atoms with Crippen LogP contribution in [-0.2, 0) is 9.53 Å². The van der Waals surface area contributed by atoms with Crippen LogP contribution in [0.5, 0.6) is 0 Å². The maximum atomic E-state index is 11.7. The highest BCUT2D eigenvalue weighted by atomic mass is 16.5. The monoisotopic (exact) mass is 262 g/mol. The number of hydrogen-bond acceptors (Lipinski definition) is 4. The van der Waals surface area contributed by atoms with Gasteiger partial charge in [-0.3, -0.25) is 4.79 Å². The maximum Gasteiger partial charge on any atom is 0.260 e. The Hall–Kier alpha value is -1.59. The first-order valence-corrected chi connectivity index (χ1v) is 6.49. The molecule has 1 aromatic carbocycles. The number of nitrogens with zero attached hydrogens (tertiary/aromatic N) is 2.